The summed E-state index contributed by atoms with van der Waals surface area (Å²) >= 11 is 0. The van der Waals surface area contributed by atoms with Gasteiger partial charge in [-0.1, -0.05) is 0 Å². The molecule has 0 aliphatic carbocycles. The molecule has 2 amide bonds. The number of nitrogens with one attached hydrogen (secondary N) is 2. The number of hydrogen-bond donors (Lipinski definition) is 2. The second-order valence-electron chi connectivity index (χ2n) is 6.96. The van der Waals surface area contributed by atoms with Crippen LogP contribution in [0.2, 0.25) is 0 Å². The highest BCUT2D eigenvalue weighted by atomic mass is 16.5. The highest BCUT2D eigenvalue weighted by Gasteiger charge is 2.26. The third kappa shape index (κ3) is 5.04. The van der Waals surface area contributed by atoms with Crippen LogP contribution in [0.4, 0.5) is 10.5 Å². The van der Waals surface area contributed by atoms with Gasteiger partial charge in [0.1, 0.15) is 17.3 Å². The number of nitrogens with zero attached hydrogens (tertiary/aromatic N) is 1. The van der Waals surface area contributed by atoms with Crippen molar-refractivity contribution >= 4 is 11.7 Å². The molecule has 1 saturated heterocycles. The minimum atomic E-state index is -0.217. The fourth-order valence-corrected chi connectivity index (χ4v) is 3.50. The summed E-state index contributed by atoms with van der Waals surface area (Å²) in [5, 5.41) is 5.89. The van der Waals surface area contributed by atoms with Crippen LogP contribution in [-0.4, -0.2) is 37.2 Å². The molecule has 1 fully saturated rings. The fraction of sp³-hybridized carbons (Fsp3) is 0.476. The van der Waals surface area contributed by atoms with Gasteiger partial charge in [0.15, 0.2) is 0 Å². The molecule has 6 nitrogen and oxygen atoms in total. The van der Waals surface area contributed by atoms with Crippen molar-refractivity contribution in [3.8, 4) is 5.75 Å². The average Bonchev–Trinajstić information content (AvgIpc) is 3.30. The number of urea groups is 1. The Balaban J connectivity index is 1.60. The van der Waals surface area contributed by atoms with Crippen LogP contribution >= 0.6 is 0 Å². The van der Waals surface area contributed by atoms with Crippen LogP contribution < -0.4 is 15.4 Å². The van der Waals surface area contributed by atoms with E-state index < -0.39 is 0 Å². The van der Waals surface area contributed by atoms with E-state index in [1.165, 1.54) is 12.8 Å². The first-order valence-corrected chi connectivity index (χ1v) is 9.65. The van der Waals surface area contributed by atoms with Gasteiger partial charge in [0.05, 0.1) is 12.6 Å². The van der Waals surface area contributed by atoms with Crippen molar-refractivity contribution in [1.82, 2.24) is 10.2 Å². The van der Waals surface area contributed by atoms with E-state index in [9.17, 15) is 4.79 Å². The van der Waals surface area contributed by atoms with E-state index in [1.54, 1.807) is 0 Å². The van der Waals surface area contributed by atoms with Crippen molar-refractivity contribution in [3.05, 3.63) is 47.4 Å². The third-order valence-electron chi connectivity index (χ3n) is 4.86. The number of furan rings is 1. The number of benzene rings is 1. The highest BCUT2D eigenvalue weighted by Crippen LogP contribution is 2.26. The van der Waals surface area contributed by atoms with Crippen LogP contribution in [0.1, 0.15) is 42.9 Å². The topological polar surface area (TPSA) is 66.7 Å². The number of carbonyl (C=O) groups excluding carboxylic acids is 1. The largest absolute Gasteiger partial charge is 0.494 e. The standard InChI is InChI=1S/C21H29N3O3/c1-4-26-19-10-8-17(13-15(19)2)23-21(25)22-14-18(24-11-5-6-12-24)20-9-7-16(3)27-20/h7-10,13,18H,4-6,11-12,14H2,1-3H3,(H2,22,23,25). The summed E-state index contributed by atoms with van der Waals surface area (Å²) in [6, 6.07) is 9.48. The monoisotopic (exact) mass is 371 g/mol. The Labute approximate surface area is 160 Å². The molecule has 0 radical (unpaired) electrons. The molecule has 27 heavy (non-hydrogen) atoms. The Morgan fingerprint density at radius 1 is 1.22 bits per heavy atom. The second kappa shape index (κ2) is 8.95. The molecule has 1 aliphatic rings. The lowest BCUT2D eigenvalue weighted by Gasteiger charge is -2.26. The van der Waals surface area contributed by atoms with Crippen molar-refractivity contribution in [2.24, 2.45) is 0 Å². The lowest BCUT2D eigenvalue weighted by Crippen LogP contribution is -2.38. The van der Waals surface area contributed by atoms with E-state index in [0.717, 1.165) is 41.6 Å². The molecule has 146 valence electrons. The van der Waals surface area contributed by atoms with Gasteiger partial charge in [0, 0.05) is 12.2 Å². The van der Waals surface area contributed by atoms with Crippen LogP contribution in [0, 0.1) is 13.8 Å². The number of anilines is 1. The minimum Gasteiger partial charge on any atom is -0.494 e. The lowest BCUT2D eigenvalue weighted by atomic mass is 10.2. The number of amides is 2. The van der Waals surface area contributed by atoms with E-state index in [1.807, 2.05) is 51.1 Å². The summed E-state index contributed by atoms with van der Waals surface area (Å²) in [5.74, 6) is 2.64. The van der Waals surface area contributed by atoms with Crippen molar-refractivity contribution in [1.29, 1.82) is 0 Å². The van der Waals surface area contributed by atoms with Crippen molar-refractivity contribution in [2.75, 3.05) is 31.6 Å². The molecule has 2 N–H and O–H groups in total. The van der Waals surface area contributed by atoms with Crippen molar-refractivity contribution < 1.29 is 13.9 Å². The zero-order chi connectivity index (χ0) is 19.2. The van der Waals surface area contributed by atoms with Gasteiger partial charge in [0.2, 0.25) is 0 Å². The SMILES string of the molecule is CCOc1ccc(NC(=O)NCC(c2ccc(C)o2)N2CCCC2)cc1C. The first kappa shape index (κ1) is 19.3. The van der Waals surface area contributed by atoms with Gasteiger partial charge in [-0.3, -0.25) is 4.90 Å². The normalized spacial score (nSPS) is 15.5. The van der Waals surface area contributed by atoms with Gasteiger partial charge < -0.3 is 19.8 Å². The van der Waals surface area contributed by atoms with Crippen LogP contribution in [0.25, 0.3) is 0 Å². The van der Waals surface area contributed by atoms with E-state index in [2.05, 4.69) is 15.5 Å². The highest BCUT2D eigenvalue weighted by molar-refractivity contribution is 5.89. The Hall–Kier alpha value is -2.47. The van der Waals surface area contributed by atoms with Gasteiger partial charge in [-0.05, 0) is 82.6 Å². The van der Waals surface area contributed by atoms with Gasteiger partial charge in [-0.15, -0.1) is 0 Å². The molecule has 1 aliphatic heterocycles. The van der Waals surface area contributed by atoms with Gasteiger partial charge in [-0.25, -0.2) is 4.79 Å². The van der Waals surface area contributed by atoms with Gasteiger partial charge in [0.25, 0.3) is 0 Å². The molecule has 0 spiro atoms. The van der Waals surface area contributed by atoms with E-state index in [-0.39, 0.29) is 12.1 Å². The Morgan fingerprint density at radius 3 is 2.63 bits per heavy atom. The molecular weight excluding hydrogens is 342 g/mol. The Bertz CT molecular complexity index is 766. The summed E-state index contributed by atoms with van der Waals surface area (Å²) < 4.78 is 11.4. The second-order valence-corrected chi connectivity index (χ2v) is 6.96. The minimum absolute atomic E-state index is 0.0639. The van der Waals surface area contributed by atoms with Crippen LogP contribution in [0.5, 0.6) is 5.75 Å². The molecule has 6 heteroatoms. The molecular formula is C21H29N3O3. The molecule has 1 aromatic carbocycles. The number of likely N-dealkylation sites (tertiary alicyclic amines) is 1. The molecule has 0 bridgehead atoms. The molecule has 3 rings (SSSR count). The molecule has 1 atom stereocenters. The number of carbonyl (C=O) groups is 1. The van der Waals surface area contributed by atoms with Crippen LogP contribution in [0.3, 0.4) is 0 Å². The van der Waals surface area contributed by atoms with Crippen LogP contribution in [0.15, 0.2) is 34.7 Å². The number of rotatable bonds is 7. The zero-order valence-electron chi connectivity index (χ0n) is 16.4. The van der Waals surface area contributed by atoms with Gasteiger partial charge >= 0.3 is 6.03 Å². The van der Waals surface area contributed by atoms with E-state index >= 15 is 0 Å². The fourth-order valence-electron chi connectivity index (χ4n) is 3.50. The zero-order valence-corrected chi connectivity index (χ0v) is 16.4. The maximum Gasteiger partial charge on any atom is 0.319 e. The third-order valence-corrected chi connectivity index (χ3v) is 4.86. The number of ether oxygens (including phenoxy) is 1. The predicted octanol–water partition coefficient (Wildman–Crippen LogP) is 4.25. The quantitative estimate of drug-likeness (QED) is 0.763. The Morgan fingerprint density at radius 2 is 2.00 bits per heavy atom. The first-order chi connectivity index (χ1) is 13.1. The van der Waals surface area contributed by atoms with Crippen molar-refractivity contribution in [3.63, 3.8) is 0 Å². The van der Waals surface area contributed by atoms with Gasteiger partial charge in [-0.2, -0.15) is 0 Å². The maximum absolute atomic E-state index is 12.4. The first-order valence-electron chi connectivity index (χ1n) is 9.65. The summed E-state index contributed by atoms with van der Waals surface area (Å²) in [5.41, 5.74) is 1.75. The van der Waals surface area contributed by atoms with Crippen LogP contribution in [-0.2, 0) is 0 Å². The number of aryl methyl sites for hydroxylation is 2. The molecule has 1 unspecified atom stereocenters. The Kier molecular flexibility index (Phi) is 6.40. The van der Waals surface area contributed by atoms with E-state index in [4.69, 9.17) is 9.15 Å². The molecule has 2 aromatic rings. The molecule has 0 saturated carbocycles. The number of hydrogen-bond acceptors (Lipinski definition) is 4. The smallest absolute Gasteiger partial charge is 0.319 e. The molecule has 1 aromatic heterocycles. The maximum atomic E-state index is 12.4. The predicted molar refractivity (Wildman–Crippen MR) is 106 cm³/mol. The summed E-state index contributed by atoms with van der Waals surface area (Å²) in [4.78, 5) is 14.8. The summed E-state index contributed by atoms with van der Waals surface area (Å²) in [6.07, 6.45) is 2.38. The lowest BCUT2D eigenvalue weighted by molar-refractivity contribution is 0.205. The summed E-state index contributed by atoms with van der Waals surface area (Å²) in [6.45, 7) is 9.07. The van der Waals surface area contributed by atoms with Crippen molar-refractivity contribution in [2.45, 2.75) is 39.7 Å². The average molecular weight is 371 g/mol. The van der Waals surface area contributed by atoms with E-state index in [0.29, 0.717) is 13.2 Å². The summed E-state index contributed by atoms with van der Waals surface area (Å²) in [7, 11) is 0. The molecule has 2 heterocycles.